The highest BCUT2D eigenvalue weighted by Gasteiger charge is 2.46. The second kappa shape index (κ2) is 8.27. The third-order valence-electron chi connectivity index (χ3n) is 2.84. The zero-order chi connectivity index (χ0) is 13.4. The van der Waals surface area contributed by atoms with Gasteiger partial charge in [-0.1, -0.05) is 19.8 Å². The summed E-state index contributed by atoms with van der Waals surface area (Å²) < 4.78 is 22.2. The summed E-state index contributed by atoms with van der Waals surface area (Å²) in [6, 6.07) is 0.794. The van der Waals surface area contributed by atoms with Crippen molar-refractivity contribution in [2.45, 2.75) is 52.7 Å². The van der Waals surface area contributed by atoms with Gasteiger partial charge in [-0.25, -0.2) is 0 Å². The molecule has 5 heteroatoms. The maximum atomic E-state index is 5.68. The van der Waals surface area contributed by atoms with Crippen molar-refractivity contribution in [1.29, 1.82) is 0 Å². The van der Waals surface area contributed by atoms with Crippen LogP contribution in [-0.2, 0) is 18.0 Å². The summed E-state index contributed by atoms with van der Waals surface area (Å²) in [4.78, 5) is 0. The molecule has 18 heavy (non-hydrogen) atoms. The van der Waals surface area contributed by atoms with E-state index in [1.54, 1.807) is 0 Å². The van der Waals surface area contributed by atoms with E-state index >= 15 is 0 Å². The Hall–Kier alpha value is 0.0569. The molecule has 1 aliphatic carbocycles. The maximum Gasteiger partial charge on any atom is 0.503 e. The van der Waals surface area contributed by atoms with Crippen LogP contribution in [0.5, 0.6) is 0 Å². The number of hydrogen-bond donors (Lipinski definition) is 0. The Labute approximate surface area is 112 Å². The average molecular weight is 276 g/mol. The lowest BCUT2D eigenvalue weighted by molar-refractivity contribution is 0.0693. The van der Waals surface area contributed by atoms with E-state index < -0.39 is 8.80 Å². The molecule has 1 heterocycles. The van der Waals surface area contributed by atoms with Crippen molar-refractivity contribution in [2.24, 2.45) is 5.92 Å². The number of rotatable bonds is 8. The molecule has 1 unspecified atom stereocenters. The van der Waals surface area contributed by atoms with Gasteiger partial charge in [-0.05, 0) is 26.7 Å². The van der Waals surface area contributed by atoms with Gasteiger partial charge in [-0.3, -0.25) is 0 Å². The summed E-state index contributed by atoms with van der Waals surface area (Å²) in [5.41, 5.74) is 0. The van der Waals surface area contributed by atoms with Crippen molar-refractivity contribution in [3.8, 4) is 0 Å². The van der Waals surface area contributed by atoms with Gasteiger partial charge in [0.05, 0.1) is 12.7 Å². The lowest BCUT2D eigenvalue weighted by Gasteiger charge is -2.27. The average Bonchev–Trinajstić information content (AvgIpc) is 3.20. The molecule has 4 nitrogen and oxygen atoms in total. The van der Waals surface area contributed by atoms with Gasteiger partial charge in [-0.2, -0.15) is 0 Å². The summed E-state index contributed by atoms with van der Waals surface area (Å²) in [5, 5.41) is 0. The van der Waals surface area contributed by atoms with Gasteiger partial charge < -0.3 is 18.0 Å². The molecule has 108 valence electrons. The van der Waals surface area contributed by atoms with Crippen LogP contribution < -0.4 is 0 Å². The largest absolute Gasteiger partial charge is 0.503 e. The molecule has 0 radical (unpaired) electrons. The van der Waals surface area contributed by atoms with Gasteiger partial charge in [-0.15, -0.1) is 0 Å². The fourth-order valence-electron chi connectivity index (χ4n) is 1.59. The minimum Gasteiger partial charge on any atom is -0.374 e. The van der Waals surface area contributed by atoms with Gasteiger partial charge in [0.1, 0.15) is 0 Å². The first-order valence-electron chi connectivity index (χ1n) is 7.19. The molecule has 0 aromatic rings. The summed E-state index contributed by atoms with van der Waals surface area (Å²) in [7, 11) is -2.42. The van der Waals surface area contributed by atoms with E-state index in [0.717, 1.165) is 18.6 Å². The van der Waals surface area contributed by atoms with E-state index in [9.17, 15) is 0 Å². The van der Waals surface area contributed by atoms with Gasteiger partial charge in [0.25, 0.3) is 0 Å². The Balaban J connectivity index is 0.000000341. The first kappa shape index (κ1) is 16.1. The molecule has 0 spiro atoms. The molecule has 1 aliphatic heterocycles. The fraction of sp³-hybridized carbons (Fsp3) is 1.00. The normalized spacial score (nSPS) is 22.3. The van der Waals surface area contributed by atoms with E-state index in [0.29, 0.717) is 25.9 Å². The topological polar surface area (TPSA) is 40.2 Å². The zero-order valence-corrected chi connectivity index (χ0v) is 13.2. The van der Waals surface area contributed by atoms with Crippen LogP contribution in [0.4, 0.5) is 0 Å². The summed E-state index contributed by atoms with van der Waals surface area (Å²) >= 11 is 0. The van der Waals surface area contributed by atoms with Crippen molar-refractivity contribution < 1.29 is 18.0 Å². The van der Waals surface area contributed by atoms with Crippen molar-refractivity contribution in [3.63, 3.8) is 0 Å². The highest BCUT2D eigenvalue weighted by Crippen LogP contribution is 2.27. The highest BCUT2D eigenvalue weighted by atomic mass is 28.4. The van der Waals surface area contributed by atoms with Gasteiger partial charge in [0.15, 0.2) is 0 Å². The Kier molecular flexibility index (Phi) is 7.40. The van der Waals surface area contributed by atoms with Crippen LogP contribution in [0, 0.1) is 5.92 Å². The van der Waals surface area contributed by atoms with E-state index in [1.807, 2.05) is 20.8 Å². The third-order valence-corrected chi connectivity index (χ3v) is 5.98. The maximum absolute atomic E-state index is 5.68. The Morgan fingerprint density at radius 2 is 1.39 bits per heavy atom. The minimum absolute atomic E-state index is 0.298. The molecular formula is C13H28O4Si. The highest BCUT2D eigenvalue weighted by molar-refractivity contribution is 6.60. The first-order valence-corrected chi connectivity index (χ1v) is 9.12. The summed E-state index contributed by atoms with van der Waals surface area (Å²) in [6.45, 7) is 10.9. The molecule has 1 saturated heterocycles. The van der Waals surface area contributed by atoms with Crippen LogP contribution in [-0.4, -0.2) is 41.3 Å². The minimum atomic E-state index is -2.42. The number of hydrogen-bond acceptors (Lipinski definition) is 4. The standard InChI is InChI=1S/C9H20O4Si.C4H8/c1-4-11-14(12-5-2,13-6-3)8-9-7-10-9;1-4-2-3-4/h9H,4-8H2,1-3H3;4H,2-3H2,1H3. The molecule has 0 aromatic heterocycles. The van der Waals surface area contributed by atoms with Crippen LogP contribution in [0.3, 0.4) is 0 Å². The predicted molar refractivity (Wildman–Crippen MR) is 73.6 cm³/mol. The first-order chi connectivity index (χ1) is 8.65. The SMILES string of the molecule is CC1CC1.CCO[Si](CC1CO1)(OCC)OCC. The van der Waals surface area contributed by atoms with Crippen LogP contribution in [0.1, 0.15) is 40.5 Å². The molecule has 0 amide bonds. The molecule has 2 fully saturated rings. The fourth-order valence-corrected chi connectivity index (χ4v) is 4.31. The molecule has 0 N–H and O–H groups in total. The predicted octanol–water partition coefficient (Wildman–Crippen LogP) is 2.85. The van der Waals surface area contributed by atoms with Crippen molar-refractivity contribution in [3.05, 3.63) is 0 Å². The molecule has 1 saturated carbocycles. The smallest absolute Gasteiger partial charge is 0.374 e. The Bertz CT molecular complexity index is 200. The van der Waals surface area contributed by atoms with Gasteiger partial charge >= 0.3 is 8.80 Å². The molecule has 2 rings (SSSR count). The Morgan fingerprint density at radius 1 is 1.00 bits per heavy atom. The van der Waals surface area contributed by atoms with E-state index in [1.165, 1.54) is 12.8 Å². The van der Waals surface area contributed by atoms with E-state index in [-0.39, 0.29) is 0 Å². The zero-order valence-electron chi connectivity index (χ0n) is 12.2. The summed E-state index contributed by atoms with van der Waals surface area (Å²) in [6.07, 6.45) is 3.27. The molecule has 2 aliphatic rings. The molecule has 1 atom stereocenters. The summed E-state index contributed by atoms with van der Waals surface area (Å²) in [5.74, 6) is 1.08. The molecule has 0 aromatic carbocycles. The van der Waals surface area contributed by atoms with Gasteiger partial charge in [0, 0.05) is 25.9 Å². The van der Waals surface area contributed by atoms with Crippen LogP contribution in [0.15, 0.2) is 0 Å². The molecular weight excluding hydrogens is 248 g/mol. The van der Waals surface area contributed by atoms with Crippen molar-refractivity contribution >= 4 is 8.80 Å². The lowest BCUT2D eigenvalue weighted by Crippen LogP contribution is -2.47. The lowest BCUT2D eigenvalue weighted by atomic mass is 10.5. The van der Waals surface area contributed by atoms with Crippen LogP contribution >= 0.6 is 0 Å². The van der Waals surface area contributed by atoms with Crippen LogP contribution in [0.2, 0.25) is 6.04 Å². The number of epoxide rings is 1. The van der Waals surface area contributed by atoms with Crippen molar-refractivity contribution in [2.75, 3.05) is 26.4 Å². The van der Waals surface area contributed by atoms with Crippen molar-refractivity contribution in [1.82, 2.24) is 0 Å². The van der Waals surface area contributed by atoms with Crippen LogP contribution in [0.25, 0.3) is 0 Å². The molecule has 0 bridgehead atoms. The Morgan fingerprint density at radius 3 is 1.61 bits per heavy atom. The van der Waals surface area contributed by atoms with E-state index in [4.69, 9.17) is 18.0 Å². The van der Waals surface area contributed by atoms with E-state index in [2.05, 4.69) is 6.92 Å². The third kappa shape index (κ3) is 6.85. The van der Waals surface area contributed by atoms with Gasteiger partial charge in [0.2, 0.25) is 0 Å². The second-order valence-electron chi connectivity index (χ2n) is 4.82. The second-order valence-corrected chi connectivity index (χ2v) is 7.46. The quantitative estimate of drug-likeness (QED) is 0.505. The number of ether oxygens (including phenoxy) is 1. The monoisotopic (exact) mass is 276 g/mol.